The van der Waals surface area contributed by atoms with Crippen molar-refractivity contribution < 1.29 is 0 Å². The maximum Gasteiger partial charge on any atom is 0.171 e. The lowest BCUT2D eigenvalue weighted by atomic mass is 10.3. The van der Waals surface area contributed by atoms with E-state index in [0.717, 1.165) is 17.2 Å². The normalized spacial score (nSPS) is 10.6. The highest BCUT2D eigenvalue weighted by molar-refractivity contribution is 6.31. The van der Waals surface area contributed by atoms with Crippen molar-refractivity contribution in [2.24, 2.45) is 7.05 Å². The average molecular weight is 253 g/mol. The number of halogens is 1. The highest BCUT2D eigenvalue weighted by Gasteiger charge is 2.08. The Morgan fingerprint density at radius 1 is 1.29 bits per heavy atom. The first-order chi connectivity index (χ1) is 8.08. The number of hydrogen-bond donors (Lipinski definition) is 1. The zero-order valence-electron chi connectivity index (χ0n) is 9.90. The van der Waals surface area contributed by atoms with Crippen LogP contribution in [0.25, 0.3) is 0 Å². The van der Waals surface area contributed by atoms with Crippen LogP contribution in [-0.4, -0.2) is 24.7 Å². The van der Waals surface area contributed by atoms with Gasteiger partial charge in [0.05, 0.1) is 17.9 Å². The van der Waals surface area contributed by atoms with Crippen molar-refractivity contribution >= 4 is 17.4 Å². The van der Waals surface area contributed by atoms with Gasteiger partial charge in [0.2, 0.25) is 0 Å². The lowest BCUT2D eigenvalue weighted by Crippen LogP contribution is -2.09. The Morgan fingerprint density at radius 3 is 2.65 bits per heavy atom. The van der Waals surface area contributed by atoms with Crippen LogP contribution in [0.1, 0.15) is 17.2 Å². The zero-order valence-corrected chi connectivity index (χ0v) is 10.7. The van der Waals surface area contributed by atoms with Gasteiger partial charge in [-0.25, -0.2) is 9.97 Å². The number of nitrogens with zero attached hydrogens (tertiary/aromatic N) is 5. The number of nitrogens with one attached hydrogen (secondary N) is 1. The van der Waals surface area contributed by atoms with Crippen LogP contribution in [0.2, 0.25) is 5.15 Å². The summed E-state index contributed by atoms with van der Waals surface area (Å²) in [6, 6.07) is 0. The molecule has 1 N–H and O–H groups in total. The molecule has 0 bridgehead atoms. The van der Waals surface area contributed by atoms with Gasteiger partial charge in [-0.05, 0) is 13.8 Å². The Morgan fingerprint density at radius 2 is 2.00 bits per heavy atom. The third-order valence-corrected chi connectivity index (χ3v) is 2.75. The molecule has 0 aliphatic rings. The number of hydrogen-bond acceptors (Lipinski definition) is 5. The topological polar surface area (TPSA) is 68.5 Å². The average Bonchev–Trinajstić information content (AvgIpc) is 2.68. The quantitative estimate of drug-likeness (QED) is 0.896. The smallest absolute Gasteiger partial charge is 0.171 e. The monoisotopic (exact) mass is 252 g/mol. The van der Waals surface area contributed by atoms with Crippen LogP contribution in [0.3, 0.4) is 0 Å². The number of anilines is 1. The fourth-order valence-electron chi connectivity index (χ4n) is 1.32. The van der Waals surface area contributed by atoms with Crippen molar-refractivity contribution in [1.82, 2.24) is 24.7 Å². The van der Waals surface area contributed by atoms with E-state index in [1.54, 1.807) is 6.33 Å². The van der Waals surface area contributed by atoms with Crippen LogP contribution in [0.15, 0.2) is 6.33 Å². The van der Waals surface area contributed by atoms with E-state index in [0.29, 0.717) is 17.5 Å². The first-order valence-electron chi connectivity index (χ1n) is 5.15. The maximum atomic E-state index is 6.00. The lowest BCUT2D eigenvalue weighted by Gasteiger charge is -2.08. The van der Waals surface area contributed by atoms with Gasteiger partial charge in [0.15, 0.2) is 16.8 Å². The van der Waals surface area contributed by atoms with Crippen LogP contribution in [0.4, 0.5) is 5.82 Å². The predicted octanol–water partition coefficient (Wildman–Crippen LogP) is 1.49. The molecule has 90 valence electrons. The Kier molecular flexibility index (Phi) is 3.23. The van der Waals surface area contributed by atoms with Gasteiger partial charge in [0, 0.05) is 7.05 Å². The molecule has 0 saturated carbocycles. The summed E-state index contributed by atoms with van der Waals surface area (Å²) in [5, 5.41) is 11.2. The fraction of sp³-hybridized carbons (Fsp3) is 0.400. The second kappa shape index (κ2) is 4.67. The van der Waals surface area contributed by atoms with Crippen LogP contribution in [0.5, 0.6) is 0 Å². The van der Waals surface area contributed by atoms with Gasteiger partial charge in [0.1, 0.15) is 6.33 Å². The molecule has 0 saturated heterocycles. The highest BCUT2D eigenvalue weighted by atomic mass is 35.5. The van der Waals surface area contributed by atoms with Crippen molar-refractivity contribution in [2.45, 2.75) is 20.4 Å². The van der Waals surface area contributed by atoms with E-state index in [-0.39, 0.29) is 0 Å². The molecule has 2 heterocycles. The van der Waals surface area contributed by atoms with E-state index < -0.39 is 0 Å². The fourth-order valence-corrected chi connectivity index (χ4v) is 1.55. The lowest BCUT2D eigenvalue weighted by molar-refractivity contribution is 0.808. The minimum Gasteiger partial charge on any atom is -0.360 e. The molecule has 6 nitrogen and oxygen atoms in total. The maximum absolute atomic E-state index is 6.00. The Labute approximate surface area is 104 Å². The number of aryl methyl sites for hydroxylation is 3. The van der Waals surface area contributed by atoms with E-state index in [4.69, 9.17) is 11.6 Å². The Hall–Kier alpha value is -1.69. The number of aromatic nitrogens is 5. The summed E-state index contributed by atoms with van der Waals surface area (Å²) in [7, 11) is 1.88. The first kappa shape index (κ1) is 11.8. The summed E-state index contributed by atoms with van der Waals surface area (Å²) in [5.74, 6) is 1.37. The minimum absolute atomic E-state index is 0.371. The largest absolute Gasteiger partial charge is 0.360 e. The van der Waals surface area contributed by atoms with Crippen molar-refractivity contribution in [3.8, 4) is 0 Å². The molecule has 0 unspecified atom stereocenters. The molecule has 2 aromatic heterocycles. The summed E-state index contributed by atoms with van der Waals surface area (Å²) in [5.41, 5.74) is 1.69. The first-order valence-corrected chi connectivity index (χ1v) is 5.53. The zero-order chi connectivity index (χ0) is 12.4. The van der Waals surface area contributed by atoms with Gasteiger partial charge in [-0.1, -0.05) is 11.6 Å². The van der Waals surface area contributed by atoms with Crippen LogP contribution in [0, 0.1) is 13.8 Å². The standard InChI is InChI=1S/C10H13ClN6/c1-6-7(2)15-10(9(11)14-6)12-4-8-16-13-5-17(8)3/h5H,4H2,1-3H3,(H,12,15). The molecule has 2 rings (SSSR count). The SMILES string of the molecule is Cc1nc(Cl)c(NCc2nncn2C)nc1C. The molecule has 2 aromatic rings. The summed E-state index contributed by atoms with van der Waals surface area (Å²) in [6.07, 6.45) is 1.64. The third kappa shape index (κ3) is 2.52. The Balaban J connectivity index is 2.14. The molecular formula is C10H13ClN6. The van der Waals surface area contributed by atoms with E-state index in [2.05, 4.69) is 25.5 Å². The summed E-state index contributed by atoms with van der Waals surface area (Å²) < 4.78 is 1.83. The summed E-state index contributed by atoms with van der Waals surface area (Å²) >= 11 is 6.00. The van der Waals surface area contributed by atoms with E-state index in [1.807, 2.05) is 25.5 Å². The van der Waals surface area contributed by atoms with Crippen molar-refractivity contribution in [2.75, 3.05) is 5.32 Å². The van der Waals surface area contributed by atoms with E-state index >= 15 is 0 Å². The van der Waals surface area contributed by atoms with Gasteiger partial charge in [-0.3, -0.25) is 0 Å². The molecule has 0 radical (unpaired) electrons. The third-order valence-electron chi connectivity index (χ3n) is 2.48. The molecular weight excluding hydrogens is 240 g/mol. The number of rotatable bonds is 3. The summed E-state index contributed by atoms with van der Waals surface area (Å²) in [4.78, 5) is 8.53. The van der Waals surface area contributed by atoms with Gasteiger partial charge in [-0.15, -0.1) is 10.2 Å². The molecule has 17 heavy (non-hydrogen) atoms. The van der Waals surface area contributed by atoms with E-state index in [1.165, 1.54) is 0 Å². The molecule has 0 aliphatic carbocycles. The van der Waals surface area contributed by atoms with Crippen LogP contribution < -0.4 is 5.32 Å². The van der Waals surface area contributed by atoms with Crippen LogP contribution >= 0.6 is 11.6 Å². The van der Waals surface area contributed by atoms with Gasteiger partial charge >= 0.3 is 0 Å². The molecule has 0 aliphatic heterocycles. The van der Waals surface area contributed by atoms with Gasteiger partial charge in [0.25, 0.3) is 0 Å². The highest BCUT2D eigenvalue weighted by Crippen LogP contribution is 2.18. The second-order valence-electron chi connectivity index (χ2n) is 3.75. The molecule has 0 spiro atoms. The van der Waals surface area contributed by atoms with Crippen molar-refractivity contribution in [1.29, 1.82) is 0 Å². The molecule has 0 fully saturated rings. The van der Waals surface area contributed by atoms with Gasteiger partial charge < -0.3 is 9.88 Å². The van der Waals surface area contributed by atoms with Crippen LogP contribution in [-0.2, 0) is 13.6 Å². The minimum atomic E-state index is 0.371. The molecule has 7 heteroatoms. The molecule has 0 amide bonds. The molecule has 0 aromatic carbocycles. The molecule has 0 atom stereocenters. The Bertz CT molecular complexity index is 536. The summed E-state index contributed by atoms with van der Waals surface area (Å²) in [6.45, 7) is 4.28. The second-order valence-corrected chi connectivity index (χ2v) is 4.10. The van der Waals surface area contributed by atoms with Crippen molar-refractivity contribution in [3.63, 3.8) is 0 Å². The predicted molar refractivity (Wildman–Crippen MR) is 64.8 cm³/mol. The van der Waals surface area contributed by atoms with E-state index in [9.17, 15) is 0 Å². The van der Waals surface area contributed by atoms with Crippen molar-refractivity contribution in [3.05, 3.63) is 28.7 Å². The van der Waals surface area contributed by atoms with Gasteiger partial charge in [-0.2, -0.15) is 0 Å².